The van der Waals surface area contributed by atoms with Crippen molar-refractivity contribution in [1.82, 2.24) is 4.98 Å². The first-order valence-electron chi connectivity index (χ1n) is 5.61. The van der Waals surface area contributed by atoms with Gasteiger partial charge in [0.1, 0.15) is 11.9 Å². The van der Waals surface area contributed by atoms with Gasteiger partial charge >= 0.3 is 0 Å². The molecule has 3 nitrogen and oxygen atoms in total. The number of aliphatic hydroxyl groups is 1. The quantitative estimate of drug-likeness (QED) is 0.885. The molecule has 2 rings (SSSR count). The Morgan fingerprint density at radius 2 is 2.24 bits per heavy atom. The van der Waals surface area contributed by atoms with E-state index in [4.69, 9.17) is 4.74 Å². The van der Waals surface area contributed by atoms with Crippen LogP contribution in [0.3, 0.4) is 0 Å². The zero-order valence-corrected chi connectivity index (χ0v) is 10.5. The highest BCUT2D eigenvalue weighted by Crippen LogP contribution is 2.31. The Morgan fingerprint density at radius 3 is 2.94 bits per heavy atom. The predicted molar refractivity (Wildman–Crippen MR) is 68.4 cm³/mol. The molecule has 0 fully saturated rings. The van der Waals surface area contributed by atoms with Gasteiger partial charge in [-0.3, -0.25) is 4.98 Å². The van der Waals surface area contributed by atoms with Gasteiger partial charge in [0, 0.05) is 11.8 Å². The number of para-hydroxylation sites is 1. The van der Waals surface area contributed by atoms with Crippen molar-refractivity contribution < 1.29 is 9.84 Å². The minimum absolute atomic E-state index is 0.657. The zero-order chi connectivity index (χ0) is 12.1. The lowest BCUT2D eigenvalue weighted by atomic mass is 10.1. The van der Waals surface area contributed by atoms with Crippen molar-refractivity contribution in [2.75, 3.05) is 6.61 Å². The number of benzene rings is 1. The molecule has 2 aromatic rings. The molecule has 1 aromatic heterocycles. The molecule has 0 radical (unpaired) electrons. The number of thiazole rings is 1. The summed E-state index contributed by atoms with van der Waals surface area (Å²) in [6.07, 6.45) is 1.98. The molecule has 1 unspecified atom stereocenters. The number of aliphatic hydroxyl groups excluding tert-OH is 1. The Morgan fingerprint density at radius 1 is 1.41 bits per heavy atom. The number of ether oxygens (including phenoxy) is 1. The molecular weight excluding hydrogens is 234 g/mol. The number of aromatic nitrogens is 1. The number of hydrogen-bond donors (Lipinski definition) is 1. The molecule has 0 bridgehead atoms. The van der Waals surface area contributed by atoms with E-state index in [9.17, 15) is 5.11 Å². The van der Waals surface area contributed by atoms with E-state index >= 15 is 0 Å². The van der Waals surface area contributed by atoms with E-state index in [0.29, 0.717) is 6.61 Å². The van der Waals surface area contributed by atoms with E-state index in [1.54, 1.807) is 11.7 Å². The minimum Gasteiger partial charge on any atom is -0.493 e. The SMILES string of the molecule is CCCOc1ccccc1C(O)c1cncs1. The van der Waals surface area contributed by atoms with Gasteiger partial charge in [0.05, 0.1) is 17.0 Å². The summed E-state index contributed by atoms with van der Waals surface area (Å²) in [6, 6.07) is 7.58. The van der Waals surface area contributed by atoms with E-state index in [1.807, 2.05) is 24.3 Å². The van der Waals surface area contributed by atoms with E-state index < -0.39 is 6.10 Å². The first-order chi connectivity index (χ1) is 8.33. The Balaban J connectivity index is 2.25. The van der Waals surface area contributed by atoms with Gasteiger partial charge in [-0.25, -0.2) is 0 Å². The second-order valence-electron chi connectivity index (χ2n) is 3.69. The van der Waals surface area contributed by atoms with Gasteiger partial charge < -0.3 is 9.84 Å². The van der Waals surface area contributed by atoms with Crippen LogP contribution in [0, 0.1) is 0 Å². The molecule has 4 heteroatoms. The normalized spacial score (nSPS) is 12.4. The summed E-state index contributed by atoms with van der Waals surface area (Å²) in [5.74, 6) is 0.746. The van der Waals surface area contributed by atoms with Crippen LogP contribution in [0.4, 0.5) is 0 Å². The molecule has 90 valence electrons. The lowest BCUT2D eigenvalue weighted by Crippen LogP contribution is -2.03. The van der Waals surface area contributed by atoms with Crippen LogP contribution in [-0.4, -0.2) is 16.7 Å². The summed E-state index contributed by atoms with van der Waals surface area (Å²) in [7, 11) is 0. The molecule has 1 aromatic carbocycles. The number of nitrogens with zero attached hydrogens (tertiary/aromatic N) is 1. The van der Waals surface area contributed by atoms with Crippen molar-refractivity contribution in [3.8, 4) is 5.75 Å². The minimum atomic E-state index is -0.657. The fourth-order valence-electron chi connectivity index (χ4n) is 1.56. The first-order valence-corrected chi connectivity index (χ1v) is 6.49. The van der Waals surface area contributed by atoms with Crippen molar-refractivity contribution in [2.24, 2.45) is 0 Å². The summed E-state index contributed by atoms with van der Waals surface area (Å²) in [5, 5.41) is 10.3. The van der Waals surface area contributed by atoms with Crippen LogP contribution < -0.4 is 4.74 Å². The van der Waals surface area contributed by atoms with Crippen molar-refractivity contribution in [3.05, 3.63) is 46.4 Å². The smallest absolute Gasteiger partial charge is 0.125 e. The van der Waals surface area contributed by atoms with Gasteiger partial charge in [-0.05, 0) is 12.5 Å². The Hall–Kier alpha value is -1.39. The van der Waals surface area contributed by atoms with Gasteiger partial charge in [0.2, 0.25) is 0 Å². The number of hydrogen-bond acceptors (Lipinski definition) is 4. The number of rotatable bonds is 5. The monoisotopic (exact) mass is 249 g/mol. The predicted octanol–water partition coefficient (Wildman–Crippen LogP) is 3.01. The largest absolute Gasteiger partial charge is 0.493 e. The molecule has 1 N–H and O–H groups in total. The van der Waals surface area contributed by atoms with E-state index in [0.717, 1.165) is 22.6 Å². The molecule has 0 aliphatic carbocycles. The van der Waals surface area contributed by atoms with Crippen LogP contribution in [-0.2, 0) is 0 Å². The molecule has 17 heavy (non-hydrogen) atoms. The van der Waals surface area contributed by atoms with Crippen molar-refractivity contribution in [2.45, 2.75) is 19.4 Å². The van der Waals surface area contributed by atoms with Gasteiger partial charge in [-0.15, -0.1) is 11.3 Å². The van der Waals surface area contributed by atoms with Gasteiger partial charge in [0.15, 0.2) is 0 Å². The average molecular weight is 249 g/mol. The first kappa shape index (κ1) is 12.1. The second kappa shape index (κ2) is 5.80. The molecule has 1 atom stereocenters. The van der Waals surface area contributed by atoms with Crippen LogP contribution in [0.15, 0.2) is 36.0 Å². The summed E-state index contributed by atoms with van der Waals surface area (Å²) < 4.78 is 5.63. The molecule has 0 aliphatic rings. The molecular formula is C13H15NO2S. The maximum absolute atomic E-state index is 10.3. The maximum atomic E-state index is 10.3. The van der Waals surface area contributed by atoms with E-state index in [2.05, 4.69) is 11.9 Å². The van der Waals surface area contributed by atoms with Gasteiger partial charge in [0.25, 0.3) is 0 Å². The summed E-state index contributed by atoms with van der Waals surface area (Å²) in [6.45, 7) is 2.72. The van der Waals surface area contributed by atoms with E-state index in [-0.39, 0.29) is 0 Å². The molecule has 1 heterocycles. The van der Waals surface area contributed by atoms with Crippen LogP contribution in [0.1, 0.15) is 29.9 Å². The van der Waals surface area contributed by atoms with Crippen LogP contribution in [0.25, 0.3) is 0 Å². The van der Waals surface area contributed by atoms with E-state index in [1.165, 1.54) is 11.3 Å². The topological polar surface area (TPSA) is 42.4 Å². The zero-order valence-electron chi connectivity index (χ0n) is 9.67. The fourth-order valence-corrected chi connectivity index (χ4v) is 2.18. The summed E-state index contributed by atoms with van der Waals surface area (Å²) in [5.41, 5.74) is 2.51. The second-order valence-corrected chi connectivity index (χ2v) is 4.61. The maximum Gasteiger partial charge on any atom is 0.125 e. The van der Waals surface area contributed by atoms with Gasteiger partial charge in [-0.1, -0.05) is 25.1 Å². The van der Waals surface area contributed by atoms with Crippen molar-refractivity contribution in [3.63, 3.8) is 0 Å². The van der Waals surface area contributed by atoms with Crippen molar-refractivity contribution >= 4 is 11.3 Å². The molecule has 0 saturated carbocycles. The Bertz CT molecular complexity index is 456. The standard InChI is InChI=1S/C13H15NO2S/c1-2-7-16-11-6-4-3-5-10(11)13(15)12-8-14-9-17-12/h3-6,8-9,13,15H,2,7H2,1H3. The molecule has 0 amide bonds. The third kappa shape index (κ3) is 2.84. The lowest BCUT2D eigenvalue weighted by Gasteiger charge is -2.14. The van der Waals surface area contributed by atoms with Crippen LogP contribution in [0.5, 0.6) is 5.75 Å². The van der Waals surface area contributed by atoms with Gasteiger partial charge in [-0.2, -0.15) is 0 Å². The van der Waals surface area contributed by atoms with Crippen LogP contribution >= 0.6 is 11.3 Å². The average Bonchev–Trinajstić information content (AvgIpc) is 2.89. The van der Waals surface area contributed by atoms with Crippen LogP contribution in [0.2, 0.25) is 0 Å². The highest BCUT2D eigenvalue weighted by atomic mass is 32.1. The lowest BCUT2D eigenvalue weighted by molar-refractivity contribution is 0.214. The fraction of sp³-hybridized carbons (Fsp3) is 0.308. The molecule has 0 aliphatic heterocycles. The van der Waals surface area contributed by atoms with Crippen molar-refractivity contribution in [1.29, 1.82) is 0 Å². The Kier molecular flexibility index (Phi) is 4.12. The highest BCUT2D eigenvalue weighted by Gasteiger charge is 2.16. The molecule has 0 spiro atoms. The third-order valence-corrected chi connectivity index (χ3v) is 3.22. The Labute approximate surface area is 105 Å². The summed E-state index contributed by atoms with van der Waals surface area (Å²) in [4.78, 5) is 4.81. The highest BCUT2D eigenvalue weighted by molar-refractivity contribution is 7.09. The third-order valence-electron chi connectivity index (χ3n) is 2.40. The summed E-state index contributed by atoms with van der Waals surface area (Å²) >= 11 is 1.44. The molecule has 0 saturated heterocycles.